The number of nitrogens with zero attached hydrogens (tertiary/aromatic N) is 3. The van der Waals surface area contributed by atoms with E-state index in [1.165, 1.54) is 23.4 Å². The molecule has 25 heavy (non-hydrogen) atoms. The Morgan fingerprint density at radius 2 is 1.92 bits per heavy atom. The van der Waals surface area contributed by atoms with Crippen molar-refractivity contribution >= 4 is 28.2 Å². The van der Waals surface area contributed by atoms with Gasteiger partial charge in [0.15, 0.2) is 0 Å². The maximum absolute atomic E-state index is 14.4. The Balaban J connectivity index is 2.10. The first-order chi connectivity index (χ1) is 11.9. The average molecular weight is 453 g/mol. The zero-order valence-electron chi connectivity index (χ0n) is 13.0. The van der Waals surface area contributed by atoms with Gasteiger partial charge in [-0.3, -0.25) is 0 Å². The Morgan fingerprint density at radius 1 is 1.20 bits per heavy atom. The minimum Gasteiger partial charge on any atom is -0.378 e. The summed E-state index contributed by atoms with van der Waals surface area (Å²) >= 11 is 2.16. The first-order valence-electron chi connectivity index (χ1n) is 7.36. The average Bonchev–Trinajstić information content (AvgIpc) is 3.07. The Morgan fingerprint density at radius 3 is 2.52 bits per heavy atom. The van der Waals surface area contributed by atoms with Gasteiger partial charge in [0.2, 0.25) is 0 Å². The molecule has 0 aliphatic rings. The van der Waals surface area contributed by atoms with Crippen molar-refractivity contribution in [2.24, 2.45) is 0 Å². The molecule has 0 saturated heterocycles. The first kappa shape index (κ1) is 17.7. The molecule has 0 spiro atoms. The van der Waals surface area contributed by atoms with E-state index in [2.05, 4.69) is 39.3 Å². The molecule has 1 N–H and O–H groups in total. The molecule has 0 radical (unpaired) electrons. The van der Waals surface area contributed by atoms with Crippen LogP contribution in [0, 0.1) is 15.2 Å². The summed E-state index contributed by atoms with van der Waals surface area (Å²) in [4.78, 5) is 3.84. The lowest BCUT2D eigenvalue weighted by Gasteiger charge is -2.31. The summed E-state index contributed by atoms with van der Waals surface area (Å²) in [6, 6.07) is 10.4. The molecule has 0 saturated carbocycles. The van der Waals surface area contributed by atoms with Crippen molar-refractivity contribution in [1.29, 1.82) is 0 Å². The van der Waals surface area contributed by atoms with Crippen LogP contribution in [-0.4, -0.2) is 19.9 Å². The predicted octanol–water partition coefficient (Wildman–Crippen LogP) is 3.76. The van der Waals surface area contributed by atoms with Crippen molar-refractivity contribution in [1.82, 2.24) is 14.8 Å². The lowest BCUT2D eigenvalue weighted by Crippen LogP contribution is -2.34. The molecule has 0 fully saturated rings. The van der Waals surface area contributed by atoms with Crippen LogP contribution in [0.3, 0.4) is 0 Å². The van der Waals surface area contributed by atoms with E-state index in [1.807, 2.05) is 12.1 Å². The number of hydrogen-bond acceptors (Lipinski definition) is 3. The van der Waals surface area contributed by atoms with Crippen LogP contribution in [-0.2, 0) is 12.1 Å². The Bertz CT molecular complexity index is 897. The topological polar surface area (TPSA) is 50.9 Å². The van der Waals surface area contributed by atoms with E-state index in [0.29, 0.717) is 5.56 Å². The number of aromatic nitrogens is 3. The van der Waals surface area contributed by atoms with Crippen LogP contribution in [0.5, 0.6) is 0 Å². The van der Waals surface area contributed by atoms with Gasteiger partial charge in [0, 0.05) is 15.2 Å². The number of halogens is 3. The van der Waals surface area contributed by atoms with Gasteiger partial charge in [-0.2, -0.15) is 5.10 Å². The number of benzene rings is 2. The normalized spacial score (nSPS) is 13.4. The monoisotopic (exact) mass is 453 g/mol. The summed E-state index contributed by atoms with van der Waals surface area (Å²) in [6.07, 6.45) is 2.72. The Hall–Kier alpha value is -2.13. The number of aliphatic hydroxyl groups is 1. The second kappa shape index (κ2) is 7.01. The molecule has 1 aromatic heterocycles. The van der Waals surface area contributed by atoms with Crippen LogP contribution in [0.25, 0.3) is 5.57 Å². The van der Waals surface area contributed by atoms with E-state index >= 15 is 0 Å². The molecule has 3 aromatic rings. The minimum atomic E-state index is -1.82. The highest BCUT2D eigenvalue weighted by Gasteiger charge is 2.37. The van der Waals surface area contributed by atoms with E-state index in [9.17, 15) is 13.9 Å². The largest absolute Gasteiger partial charge is 0.378 e. The third-order valence-corrected chi connectivity index (χ3v) is 4.65. The maximum Gasteiger partial charge on any atom is 0.137 e. The first-order valence-corrected chi connectivity index (χ1v) is 8.43. The third-order valence-electron chi connectivity index (χ3n) is 3.93. The van der Waals surface area contributed by atoms with Gasteiger partial charge in [0.25, 0.3) is 0 Å². The van der Waals surface area contributed by atoms with E-state index in [0.717, 1.165) is 15.7 Å². The lowest BCUT2D eigenvalue weighted by molar-refractivity contribution is 0.0726. The molecule has 1 heterocycles. The summed E-state index contributed by atoms with van der Waals surface area (Å²) in [5.74, 6) is -1.57. The van der Waals surface area contributed by atoms with Crippen LogP contribution in [0.15, 0.2) is 61.7 Å². The standard InChI is InChI=1S/C18H14F2IN3O/c1-12(13-2-5-15(21)6-3-13)18(25,9-24-11-22-10-23-24)16-7-4-14(19)8-17(16)20/h2-8,10-11,25H,1,9H2/t18-/m0/s1. The lowest BCUT2D eigenvalue weighted by atomic mass is 9.82. The van der Waals surface area contributed by atoms with Gasteiger partial charge < -0.3 is 5.11 Å². The molecule has 3 rings (SSSR count). The van der Waals surface area contributed by atoms with Crippen molar-refractivity contribution in [3.63, 3.8) is 0 Å². The Labute approximate surface area is 157 Å². The summed E-state index contributed by atoms with van der Waals surface area (Å²) < 4.78 is 30.1. The van der Waals surface area contributed by atoms with Gasteiger partial charge in [-0.15, -0.1) is 0 Å². The van der Waals surface area contributed by atoms with Gasteiger partial charge in [0.1, 0.15) is 29.9 Å². The molecule has 0 aliphatic heterocycles. The third kappa shape index (κ3) is 3.62. The summed E-state index contributed by atoms with van der Waals surface area (Å²) in [6.45, 7) is 3.86. The van der Waals surface area contributed by atoms with Crippen molar-refractivity contribution in [2.75, 3.05) is 0 Å². The van der Waals surface area contributed by atoms with E-state index < -0.39 is 17.2 Å². The Kier molecular flexibility index (Phi) is 4.96. The van der Waals surface area contributed by atoms with Crippen molar-refractivity contribution in [2.45, 2.75) is 12.1 Å². The van der Waals surface area contributed by atoms with Crippen molar-refractivity contribution in [3.8, 4) is 0 Å². The van der Waals surface area contributed by atoms with Gasteiger partial charge in [-0.05, 0) is 58.0 Å². The molecule has 1 atom stereocenters. The molecule has 128 valence electrons. The van der Waals surface area contributed by atoms with Gasteiger partial charge in [-0.25, -0.2) is 18.4 Å². The fourth-order valence-corrected chi connectivity index (χ4v) is 2.97. The van der Waals surface area contributed by atoms with Gasteiger partial charge in [-0.1, -0.05) is 18.7 Å². The van der Waals surface area contributed by atoms with Crippen LogP contribution in [0.1, 0.15) is 11.1 Å². The molecule has 0 bridgehead atoms. The van der Waals surface area contributed by atoms with Crippen LogP contribution in [0.4, 0.5) is 8.78 Å². The predicted molar refractivity (Wildman–Crippen MR) is 98.5 cm³/mol. The fraction of sp³-hybridized carbons (Fsp3) is 0.111. The van der Waals surface area contributed by atoms with Crippen LogP contribution in [0.2, 0.25) is 0 Å². The second-order valence-corrected chi connectivity index (χ2v) is 6.81. The summed E-state index contributed by atoms with van der Waals surface area (Å²) in [7, 11) is 0. The van der Waals surface area contributed by atoms with Crippen LogP contribution < -0.4 is 0 Å². The quantitative estimate of drug-likeness (QED) is 0.599. The zero-order chi connectivity index (χ0) is 18.0. The molecular weight excluding hydrogens is 439 g/mol. The molecule has 4 nitrogen and oxygen atoms in total. The minimum absolute atomic E-state index is 0.0760. The molecule has 0 amide bonds. The SMILES string of the molecule is C=C(c1ccc(I)cc1)[C@@](O)(Cn1cncn1)c1ccc(F)cc1F. The highest BCUT2D eigenvalue weighted by Crippen LogP contribution is 2.38. The van der Waals surface area contributed by atoms with Crippen molar-refractivity contribution < 1.29 is 13.9 Å². The molecule has 2 aromatic carbocycles. The molecule has 7 heteroatoms. The van der Waals surface area contributed by atoms with E-state index in [-0.39, 0.29) is 17.7 Å². The van der Waals surface area contributed by atoms with E-state index in [4.69, 9.17) is 0 Å². The zero-order valence-corrected chi connectivity index (χ0v) is 15.2. The van der Waals surface area contributed by atoms with Gasteiger partial charge >= 0.3 is 0 Å². The smallest absolute Gasteiger partial charge is 0.137 e. The van der Waals surface area contributed by atoms with Crippen LogP contribution >= 0.6 is 22.6 Å². The van der Waals surface area contributed by atoms with Gasteiger partial charge in [0.05, 0.1) is 6.54 Å². The molecule has 0 aliphatic carbocycles. The number of hydrogen-bond donors (Lipinski definition) is 1. The second-order valence-electron chi connectivity index (χ2n) is 5.56. The highest BCUT2D eigenvalue weighted by molar-refractivity contribution is 14.1. The number of rotatable bonds is 5. The van der Waals surface area contributed by atoms with Crippen molar-refractivity contribution in [3.05, 3.63) is 88.0 Å². The fourth-order valence-electron chi connectivity index (χ4n) is 2.61. The van der Waals surface area contributed by atoms with E-state index in [1.54, 1.807) is 12.1 Å². The highest BCUT2D eigenvalue weighted by atomic mass is 127. The maximum atomic E-state index is 14.4. The summed E-state index contributed by atoms with van der Waals surface area (Å²) in [5, 5.41) is 15.3. The molecule has 0 unspecified atom stereocenters. The summed E-state index contributed by atoms with van der Waals surface area (Å²) in [5.41, 5.74) is -0.970. The molecular formula is C18H14F2IN3O.